The van der Waals surface area contributed by atoms with Crippen molar-refractivity contribution in [3.05, 3.63) is 41.6 Å². The van der Waals surface area contributed by atoms with Crippen LogP contribution in [0.1, 0.15) is 56.5 Å². The molecule has 4 heteroatoms. The summed E-state index contributed by atoms with van der Waals surface area (Å²) in [6, 6.07) is 6.80. The first kappa shape index (κ1) is 14.9. The van der Waals surface area contributed by atoms with Gasteiger partial charge in [-0.1, -0.05) is 13.8 Å². The summed E-state index contributed by atoms with van der Waals surface area (Å²) in [6.07, 6.45) is 4.01. The Morgan fingerprint density at radius 2 is 2.10 bits per heavy atom. The molecule has 0 aliphatic carbocycles. The average molecular weight is 275 g/mol. The number of nitrogens with zero attached hydrogens (tertiary/aromatic N) is 2. The van der Waals surface area contributed by atoms with E-state index in [9.17, 15) is 0 Å². The van der Waals surface area contributed by atoms with Crippen LogP contribution in [0.5, 0.6) is 0 Å². The molecule has 0 aliphatic heterocycles. The Morgan fingerprint density at radius 3 is 2.70 bits per heavy atom. The quantitative estimate of drug-likeness (QED) is 0.838. The maximum Gasteiger partial charge on any atom is 0.121 e. The third-order valence-electron chi connectivity index (χ3n) is 3.67. The summed E-state index contributed by atoms with van der Waals surface area (Å²) in [7, 11) is 0. The SMILES string of the molecule is CCNC(Cc1ccn(C(C)CC)n1)c1ccc(C)o1. The average Bonchev–Trinajstić information content (AvgIpc) is 3.06. The molecule has 0 aromatic carbocycles. The lowest BCUT2D eigenvalue weighted by molar-refractivity contribution is 0.398. The fourth-order valence-electron chi connectivity index (χ4n) is 2.29. The van der Waals surface area contributed by atoms with Crippen molar-refractivity contribution in [1.82, 2.24) is 15.1 Å². The Morgan fingerprint density at radius 1 is 1.30 bits per heavy atom. The van der Waals surface area contributed by atoms with Gasteiger partial charge in [0.1, 0.15) is 11.5 Å². The van der Waals surface area contributed by atoms with Crippen LogP contribution in [-0.4, -0.2) is 16.3 Å². The highest BCUT2D eigenvalue weighted by molar-refractivity contribution is 5.13. The van der Waals surface area contributed by atoms with E-state index in [1.165, 1.54) is 0 Å². The molecule has 0 fully saturated rings. The van der Waals surface area contributed by atoms with E-state index in [0.717, 1.165) is 36.6 Å². The summed E-state index contributed by atoms with van der Waals surface area (Å²) in [4.78, 5) is 0. The van der Waals surface area contributed by atoms with E-state index in [2.05, 4.69) is 43.4 Å². The maximum atomic E-state index is 5.75. The minimum absolute atomic E-state index is 0.189. The molecule has 0 aliphatic rings. The van der Waals surface area contributed by atoms with Crippen molar-refractivity contribution in [2.24, 2.45) is 0 Å². The molecule has 20 heavy (non-hydrogen) atoms. The predicted octanol–water partition coefficient (Wildman–Crippen LogP) is 3.65. The molecule has 2 unspecified atom stereocenters. The van der Waals surface area contributed by atoms with Gasteiger partial charge in [0.05, 0.1) is 11.7 Å². The number of hydrogen-bond donors (Lipinski definition) is 1. The van der Waals surface area contributed by atoms with Crippen molar-refractivity contribution in [1.29, 1.82) is 0 Å². The molecule has 2 aromatic heterocycles. The molecule has 2 heterocycles. The Bertz CT molecular complexity index is 529. The van der Waals surface area contributed by atoms with Crippen molar-refractivity contribution >= 4 is 0 Å². The summed E-state index contributed by atoms with van der Waals surface area (Å²) in [5.74, 6) is 1.94. The van der Waals surface area contributed by atoms with Crippen molar-refractivity contribution < 1.29 is 4.42 Å². The van der Waals surface area contributed by atoms with E-state index in [1.54, 1.807) is 0 Å². The van der Waals surface area contributed by atoms with E-state index in [1.807, 2.05) is 23.7 Å². The molecule has 0 bridgehead atoms. The predicted molar refractivity (Wildman–Crippen MR) is 80.8 cm³/mol. The number of rotatable bonds is 7. The van der Waals surface area contributed by atoms with Crippen LogP contribution < -0.4 is 5.32 Å². The second kappa shape index (κ2) is 6.75. The molecule has 2 rings (SSSR count). The monoisotopic (exact) mass is 275 g/mol. The number of nitrogens with one attached hydrogen (secondary N) is 1. The molecular weight excluding hydrogens is 250 g/mol. The molecule has 2 aromatic rings. The van der Waals surface area contributed by atoms with Gasteiger partial charge in [0.15, 0.2) is 0 Å². The number of aromatic nitrogens is 2. The number of likely N-dealkylation sites (N-methyl/N-ethyl adjacent to an activating group) is 1. The molecule has 0 radical (unpaired) electrons. The van der Waals surface area contributed by atoms with Crippen LogP contribution >= 0.6 is 0 Å². The third-order valence-corrected chi connectivity index (χ3v) is 3.67. The van der Waals surface area contributed by atoms with Crippen molar-refractivity contribution in [3.8, 4) is 0 Å². The summed E-state index contributed by atoms with van der Waals surface area (Å²) in [5.41, 5.74) is 1.10. The lowest BCUT2D eigenvalue weighted by Crippen LogP contribution is -2.22. The molecule has 1 N–H and O–H groups in total. The number of aryl methyl sites for hydroxylation is 1. The van der Waals surface area contributed by atoms with E-state index >= 15 is 0 Å². The molecule has 110 valence electrons. The molecule has 0 spiro atoms. The zero-order valence-electron chi connectivity index (χ0n) is 12.9. The van der Waals surface area contributed by atoms with E-state index < -0.39 is 0 Å². The summed E-state index contributed by atoms with van der Waals surface area (Å²) in [5, 5.41) is 8.14. The third kappa shape index (κ3) is 3.51. The smallest absolute Gasteiger partial charge is 0.121 e. The van der Waals surface area contributed by atoms with Gasteiger partial charge in [0.25, 0.3) is 0 Å². The van der Waals surface area contributed by atoms with Gasteiger partial charge in [0.2, 0.25) is 0 Å². The van der Waals surface area contributed by atoms with Gasteiger partial charge in [-0.15, -0.1) is 0 Å². The van der Waals surface area contributed by atoms with E-state index in [4.69, 9.17) is 4.42 Å². The topological polar surface area (TPSA) is 43.0 Å². The zero-order chi connectivity index (χ0) is 14.5. The van der Waals surface area contributed by atoms with Crippen LogP contribution in [0, 0.1) is 6.92 Å². The summed E-state index contributed by atoms with van der Waals surface area (Å²) in [6.45, 7) is 9.37. The lowest BCUT2D eigenvalue weighted by atomic mass is 10.1. The van der Waals surface area contributed by atoms with Crippen LogP contribution in [0.3, 0.4) is 0 Å². The van der Waals surface area contributed by atoms with Crippen molar-refractivity contribution in [2.75, 3.05) is 6.54 Å². The summed E-state index contributed by atoms with van der Waals surface area (Å²) >= 11 is 0. The highest BCUT2D eigenvalue weighted by Gasteiger charge is 2.16. The van der Waals surface area contributed by atoms with Gasteiger partial charge in [-0.2, -0.15) is 5.10 Å². The second-order valence-corrected chi connectivity index (χ2v) is 5.31. The van der Waals surface area contributed by atoms with Crippen LogP contribution in [0.4, 0.5) is 0 Å². The molecule has 0 saturated carbocycles. The minimum Gasteiger partial charge on any atom is -0.465 e. The van der Waals surface area contributed by atoms with Gasteiger partial charge in [-0.25, -0.2) is 0 Å². The van der Waals surface area contributed by atoms with Crippen LogP contribution in [0.15, 0.2) is 28.8 Å². The standard InChI is InChI=1S/C16H25N3O/c1-5-12(3)19-10-9-14(18-19)11-15(17-6-2)16-8-7-13(4)20-16/h7-10,12,15,17H,5-6,11H2,1-4H3. The van der Waals surface area contributed by atoms with E-state index in [0.29, 0.717) is 6.04 Å². The van der Waals surface area contributed by atoms with Crippen LogP contribution in [0.2, 0.25) is 0 Å². The number of hydrogen-bond acceptors (Lipinski definition) is 3. The molecule has 0 amide bonds. The first-order chi connectivity index (χ1) is 9.63. The largest absolute Gasteiger partial charge is 0.465 e. The zero-order valence-corrected chi connectivity index (χ0v) is 12.9. The lowest BCUT2D eigenvalue weighted by Gasteiger charge is -2.14. The molecule has 0 saturated heterocycles. The van der Waals surface area contributed by atoms with E-state index in [-0.39, 0.29) is 6.04 Å². The minimum atomic E-state index is 0.189. The van der Waals surface area contributed by atoms with Crippen molar-refractivity contribution in [2.45, 2.75) is 52.6 Å². The van der Waals surface area contributed by atoms with Crippen LogP contribution in [-0.2, 0) is 6.42 Å². The normalized spacial score (nSPS) is 14.4. The Kier molecular flexibility index (Phi) is 5.01. The summed E-state index contributed by atoms with van der Waals surface area (Å²) < 4.78 is 7.80. The fraction of sp³-hybridized carbons (Fsp3) is 0.562. The Labute approximate surface area is 121 Å². The Hall–Kier alpha value is -1.55. The maximum absolute atomic E-state index is 5.75. The first-order valence-corrected chi connectivity index (χ1v) is 7.47. The molecule has 2 atom stereocenters. The Balaban J connectivity index is 2.10. The fourth-order valence-corrected chi connectivity index (χ4v) is 2.29. The first-order valence-electron chi connectivity index (χ1n) is 7.47. The molecule has 4 nitrogen and oxygen atoms in total. The van der Waals surface area contributed by atoms with Gasteiger partial charge in [-0.3, -0.25) is 4.68 Å². The number of furan rings is 1. The van der Waals surface area contributed by atoms with Gasteiger partial charge >= 0.3 is 0 Å². The van der Waals surface area contributed by atoms with Gasteiger partial charge < -0.3 is 9.73 Å². The van der Waals surface area contributed by atoms with Gasteiger partial charge in [-0.05, 0) is 45.0 Å². The second-order valence-electron chi connectivity index (χ2n) is 5.31. The molecular formula is C16H25N3O. The van der Waals surface area contributed by atoms with Crippen LogP contribution in [0.25, 0.3) is 0 Å². The van der Waals surface area contributed by atoms with Crippen molar-refractivity contribution in [3.63, 3.8) is 0 Å². The highest BCUT2D eigenvalue weighted by Crippen LogP contribution is 2.20. The van der Waals surface area contributed by atoms with Gasteiger partial charge in [0, 0.05) is 18.7 Å². The highest BCUT2D eigenvalue weighted by atomic mass is 16.3.